The number of hydrogen-bond acceptors (Lipinski definition) is 6. The summed E-state index contributed by atoms with van der Waals surface area (Å²) in [4.78, 5) is 37.7. The summed E-state index contributed by atoms with van der Waals surface area (Å²) < 4.78 is 0. The molecule has 27 heavy (non-hydrogen) atoms. The van der Waals surface area contributed by atoms with E-state index in [0.717, 1.165) is 70.9 Å². The smallest absolute Gasteiger partial charge is 0.135 e. The number of nitrogens with zero attached hydrogens (tertiary/aromatic N) is 3. The third-order valence-corrected chi connectivity index (χ3v) is 5.77. The molecule has 3 fully saturated rings. The Labute approximate surface area is 165 Å². The zero-order chi connectivity index (χ0) is 20.1. The van der Waals surface area contributed by atoms with E-state index in [0.29, 0.717) is 17.6 Å². The van der Waals surface area contributed by atoms with E-state index < -0.39 is 0 Å². The molecule has 156 valence electrons. The first-order chi connectivity index (χ1) is 12.9. The van der Waals surface area contributed by atoms with Gasteiger partial charge in [-0.25, -0.2) is 0 Å². The minimum atomic E-state index is 0.348. The molecule has 0 spiro atoms. The van der Waals surface area contributed by atoms with Gasteiger partial charge in [-0.3, -0.25) is 4.79 Å². The highest BCUT2D eigenvalue weighted by molar-refractivity contribution is 5.79. The maximum Gasteiger partial charge on any atom is 0.135 e. The molecular weight excluding hydrogens is 342 g/mol. The lowest BCUT2D eigenvalue weighted by Crippen LogP contribution is -2.30. The van der Waals surface area contributed by atoms with Gasteiger partial charge in [0.25, 0.3) is 0 Å². The number of hydrogen-bond donors (Lipinski definition) is 0. The highest BCUT2D eigenvalue weighted by atomic mass is 16.1. The highest BCUT2D eigenvalue weighted by Gasteiger charge is 2.15. The number of Topliss-reactive ketones (excluding diaryl/α,β-unsaturated/α-hetero) is 1. The Kier molecular flexibility index (Phi) is 12.4. The Morgan fingerprint density at radius 3 is 1.63 bits per heavy atom. The Balaban J connectivity index is 0.000000204. The van der Waals surface area contributed by atoms with E-state index in [1.165, 1.54) is 25.9 Å². The van der Waals surface area contributed by atoms with E-state index in [4.69, 9.17) is 0 Å². The molecule has 3 aliphatic rings. The van der Waals surface area contributed by atoms with Crippen molar-refractivity contribution in [1.29, 1.82) is 0 Å². The fourth-order valence-corrected chi connectivity index (χ4v) is 3.47. The number of carbonyl (C=O) groups is 3. The minimum Gasteiger partial charge on any atom is -0.306 e. The molecule has 6 nitrogen and oxygen atoms in total. The molecule has 0 saturated carbocycles. The number of aldehydes is 2. The molecule has 3 rings (SSSR count). The average Bonchev–Trinajstić information content (AvgIpc) is 2.68. The van der Waals surface area contributed by atoms with Gasteiger partial charge in [0.05, 0.1) is 0 Å². The molecule has 0 aliphatic carbocycles. The van der Waals surface area contributed by atoms with Gasteiger partial charge in [-0.05, 0) is 78.9 Å². The van der Waals surface area contributed by atoms with Gasteiger partial charge in [-0.1, -0.05) is 0 Å². The SMILES string of the molecule is CN1CCC(=O)CC1.CN1CCC(C=O)CC1.CN1CCC(CC=O)CC1. The molecule has 0 aromatic carbocycles. The topological polar surface area (TPSA) is 60.9 Å². The zero-order valence-electron chi connectivity index (χ0n) is 17.6. The summed E-state index contributed by atoms with van der Waals surface area (Å²) in [7, 11) is 6.28. The average molecular weight is 382 g/mol. The van der Waals surface area contributed by atoms with Crippen molar-refractivity contribution < 1.29 is 14.4 Å². The van der Waals surface area contributed by atoms with Gasteiger partial charge in [0.2, 0.25) is 0 Å². The summed E-state index contributed by atoms with van der Waals surface area (Å²) in [6.07, 6.45) is 8.95. The Morgan fingerprint density at radius 2 is 1.22 bits per heavy atom. The van der Waals surface area contributed by atoms with Crippen molar-refractivity contribution in [3.63, 3.8) is 0 Å². The lowest BCUT2D eigenvalue weighted by Gasteiger charge is -2.27. The van der Waals surface area contributed by atoms with Crippen LogP contribution in [-0.2, 0) is 14.4 Å². The third-order valence-electron chi connectivity index (χ3n) is 5.77. The first-order valence-electron chi connectivity index (χ1n) is 10.4. The molecule has 6 heteroatoms. The summed E-state index contributed by atoms with van der Waals surface area (Å²) in [5.74, 6) is 1.44. The van der Waals surface area contributed by atoms with Gasteiger partial charge in [-0.15, -0.1) is 0 Å². The predicted octanol–water partition coefficient (Wildman–Crippen LogP) is 1.73. The minimum absolute atomic E-state index is 0.348. The number of carbonyl (C=O) groups excluding carboxylic acids is 3. The van der Waals surface area contributed by atoms with E-state index in [9.17, 15) is 14.4 Å². The number of piperidine rings is 3. The Morgan fingerprint density at radius 1 is 0.778 bits per heavy atom. The van der Waals surface area contributed by atoms with E-state index in [2.05, 4.69) is 28.8 Å². The first-order valence-corrected chi connectivity index (χ1v) is 10.4. The van der Waals surface area contributed by atoms with Crippen LogP contribution < -0.4 is 0 Å². The van der Waals surface area contributed by atoms with E-state index in [1.54, 1.807) is 0 Å². The molecule has 0 N–H and O–H groups in total. The summed E-state index contributed by atoms with van der Waals surface area (Å²) in [5, 5.41) is 0. The molecule has 0 radical (unpaired) electrons. The Bertz CT molecular complexity index is 418. The molecule has 0 aromatic rings. The molecule has 3 aliphatic heterocycles. The molecule has 0 atom stereocenters. The van der Waals surface area contributed by atoms with Crippen LogP contribution >= 0.6 is 0 Å². The number of rotatable bonds is 3. The van der Waals surface area contributed by atoms with Crippen LogP contribution in [0.3, 0.4) is 0 Å². The summed E-state index contributed by atoms with van der Waals surface area (Å²) in [6, 6.07) is 0. The second-order valence-electron chi connectivity index (χ2n) is 8.27. The molecule has 0 aromatic heterocycles. The largest absolute Gasteiger partial charge is 0.306 e. The van der Waals surface area contributed by atoms with Crippen LogP contribution in [-0.4, -0.2) is 93.5 Å². The van der Waals surface area contributed by atoms with Crippen molar-refractivity contribution in [2.75, 3.05) is 60.4 Å². The summed E-state index contributed by atoms with van der Waals surface area (Å²) >= 11 is 0. The molecule has 0 bridgehead atoms. The van der Waals surface area contributed by atoms with Gasteiger partial charge in [0.15, 0.2) is 0 Å². The van der Waals surface area contributed by atoms with Crippen molar-refractivity contribution in [2.45, 2.75) is 44.9 Å². The molecule has 0 amide bonds. The van der Waals surface area contributed by atoms with Crippen LogP contribution in [0, 0.1) is 11.8 Å². The van der Waals surface area contributed by atoms with Crippen molar-refractivity contribution in [3.8, 4) is 0 Å². The fraction of sp³-hybridized carbons (Fsp3) is 0.857. The highest BCUT2D eigenvalue weighted by Crippen LogP contribution is 2.17. The molecule has 0 unspecified atom stereocenters. The van der Waals surface area contributed by atoms with Crippen LogP contribution in [0.2, 0.25) is 0 Å². The quantitative estimate of drug-likeness (QED) is 0.694. The Hall–Kier alpha value is -1.11. The number of likely N-dealkylation sites (tertiary alicyclic amines) is 3. The molecule has 3 heterocycles. The summed E-state index contributed by atoms with van der Waals surface area (Å²) in [6.45, 7) is 6.42. The van der Waals surface area contributed by atoms with Gasteiger partial charge in [0, 0.05) is 38.3 Å². The second kappa shape index (κ2) is 14.0. The number of ketones is 1. The lowest BCUT2D eigenvalue weighted by molar-refractivity contribution is -0.121. The maximum absolute atomic E-state index is 10.6. The van der Waals surface area contributed by atoms with Crippen LogP contribution in [0.5, 0.6) is 0 Å². The van der Waals surface area contributed by atoms with Gasteiger partial charge in [0.1, 0.15) is 18.4 Å². The van der Waals surface area contributed by atoms with Crippen molar-refractivity contribution in [3.05, 3.63) is 0 Å². The molecular formula is C21H39N3O3. The first kappa shape index (κ1) is 23.9. The van der Waals surface area contributed by atoms with Crippen LogP contribution in [0.1, 0.15) is 44.9 Å². The van der Waals surface area contributed by atoms with Gasteiger partial charge >= 0.3 is 0 Å². The fourth-order valence-electron chi connectivity index (χ4n) is 3.47. The van der Waals surface area contributed by atoms with Crippen LogP contribution in [0.4, 0.5) is 0 Å². The zero-order valence-corrected chi connectivity index (χ0v) is 17.6. The van der Waals surface area contributed by atoms with Crippen molar-refractivity contribution in [1.82, 2.24) is 14.7 Å². The van der Waals surface area contributed by atoms with Crippen molar-refractivity contribution >= 4 is 18.4 Å². The van der Waals surface area contributed by atoms with E-state index in [-0.39, 0.29) is 0 Å². The third kappa shape index (κ3) is 11.4. The van der Waals surface area contributed by atoms with E-state index >= 15 is 0 Å². The monoisotopic (exact) mass is 381 g/mol. The predicted molar refractivity (Wildman–Crippen MR) is 109 cm³/mol. The lowest BCUT2D eigenvalue weighted by atomic mass is 9.95. The normalized spacial score (nSPS) is 23.6. The van der Waals surface area contributed by atoms with Crippen LogP contribution in [0.25, 0.3) is 0 Å². The van der Waals surface area contributed by atoms with Crippen LogP contribution in [0.15, 0.2) is 0 Å². The standard InChI is InChI=1S/C8H15NO.C7H13NO.C6H11NO/c1-9-5-2-8(3-6-9)4-7-10;1-8-4-2-7(6-9)3-5-8;1-7-4-2-6(8)3-5-7/h7-8H,2-6H2,1H3;6-7H,2-5H2,1H3;2-5H2,1H3. The summed E-state index contributed by atoms with van der Waals surface area (Å²) in [5.41, 5.74) is 0. The maximum atomic E-state index is 10.6. The van der Waals surface area contributed by atoms with Gasteiger partial charge < -0.3 is 24.3 Å². The van der Waals surface area contributed by atoms with E-state index in [1.807, 2.05) is 7.05 Å². The second-order valence-corrected chi connectivity index (χ2v) is 8.27. The molecule has 3 saturated heterocycles. The van der Waals surface area contributed by atoms with Crippen molar-refractivity contribution in [2.24, 2.45) is 11.8 Å². The van der Waals surface area contributed by atoms with Gasteiger partial charge in [-0.2, -0.15) is 0 Å².